The van der Waals surface area contributed by atoms with Crippen molar-refractivity contribution in [1.82, 2.24) is 5.32 Å². The van der Waals surface area contributed by atoms with Crippen LogP contribution in [-0.2, 0) is 4.74 Å². The normalized spacial score (nSPS) is 29.6. The second kappa shape index (κ2) is 6.19. The van der Waals surface area contributed by atoms with Crippen LogP contribution >= 0.6 is 0 Å². The molecule has 0 amide bonds. The lowest BCUT2D eigenvalue weighted by Crippen LogP contribution is -2.39. The maximum absolute atomic E-state index is 6.12. The molecule has 2 fully saturated rings. The van der Waals surface area contributed by atoms with E-state index in [1.54, 1.807) is 0 Å². The molecule has 0 aromatic heterocycles. The molecular formula is C15H29NO. The molecule has 1 spiro atoms. The molecule has 1 N–H and O–H groups in total. The third-order valence-electron chi connectivity index (χ3n) is 4.88. The van der Waals surface area contributed by atoms with Crippen LogP contribution in [0, 0.1) is 11.8 Å². The molecule has 17 heavy (non-hydrogen) atoms. The molecule has 2 unspecified atom stereocenters. The summed E-state index contributed by atoms with van der Waals surface area (Å²) in [5.74, 6) is 1.76. The summed E-state index contributed by atoms with van der Waals surface area (Å²) in [5, 5.41) is 3.45. The minimum atomic E-state index is 0.301. The minimum Gasteiger partial charge on any atom is -0.375 e. The fraction of sp³-hybridized carbons (Fsp3) is 1.00. The fourth-order valence-electron chi connectivity index (χ4n) is 3.66. The second-order valence-electron chi connectivity index (χ2n) is 6.11. The summed E-state index contributed by atoms with van der Waals surface area (Å²) in [7, 11) is 0. The zero-order valence-electron chi connectivity index (χ0n) is 11.6. The van der Waals surface area contributed by atoms with Gasteiger partial charge >= 0.3 is 0 Å². The van der Waals surface area contributed by atoms with E-state index in [-0.39, 0.29) is 0 Å². The minimum absolute atomic E-state index is 0.301. The van der Waals surface area contributed by atoms with E-state index in [2.05, 4.69) is 19.2 Å². The van der Waals surface area contributed by atoms with Crippen LogP contribution in [0.3, 0.4) is 0 Å². The van der Waals surface area contributed by atoms with E-state index in [0.29, 0.717) is 5.60 Å². The Bertz CT molecular complexity index is 223. The van der Waals surface area contributed by atoms with E-state index in [4.69, 9.17) is 4.74 Å². The number of hydrogen-bond acceptors (Lipinski definition) is 2. The Balaban J connectivity index is 1.79. The first-order valence-corrected chi connectivity index (χ1v) is 7.60. The lowest BCUT2D eigenvalue weighted by molar-refractivity contribution is -0.101. The van der Waals surface area contributed by atoms with Gasteiger partial charge in [0.1, 0.15) is 0 Å². The Morgan fingerprint density at radius 2 is 2.12 bits per heavy atom. The van der Waals surface area contributed by atoms with Crippen molar-refractivity contribution in [3.8, 4) is 0 Å². The molecule has 1 aliphatic carbocycles. The highest BCUT2D eigenvalue weighted by Gasteiger charge is 2.40. The number of rotatable bonds is 5. The van der Waals surface area contributed by atoms with Gasteiger partial charge in [0.25, 0.3) is 0 Å². The zero-order chi connectivity index (χ0) is 12.1. The molecular weight excluding hydrogens is 210 g/mol. The highest BCUT2D eigenvalue weighted by molar-refractivity contribution is 4.92. The quantitative estimate of drug-likeness (QED) is 0.743. The summed E-state index contributed by atoms with van der Waals surface area (Å²) in [6.45, 7) is 7.92. The molecule has 0 aromatic carbocycles. The summed E-state index contributed by atoms with van der Waals surface area (Å²) >= 11 is 0. The fourth-order valence-corrected chi connectivity index (χ4v) is 3.66. The van der Waals surface area contributed by atoms with Crippen molar-refractivity contribution in [2.45, 2.75) is 64.4 Å². The first-order chi connectivity index (χ1) is 8.26. The van der Waals surface area contributed by atoms with E-state index in [9.17, 15) is 0 Å². The maximum Gasteiger partial charge on any atom is 0.0685 e. The van der Waals surface area contributed by atoms with Crippen LogP contribution in [0.4, 0.5) is 0 Å². The average Bonchev–Trinajstić information content (AvgIpc) is 2.77. The summed E-state index contributed by atoms with van der Waals surface area (Å²) in [4.78, 5) is 0. The third kappa shape index (κ3) is 3.45. The predicted octanol–water partition coefficient (Wildman–Crippen LogP) is 3.36. The van der Waals surface area contributed by atoms with E-state index in [0.717, 1.165) is 25.0 Å². The Morgan fingerprint density at radius 3 is 2.82 bits per heavy atom. The lowest BCUT2D eigenvalue weighted by atomic mass is 9.77. The molecule has 0 aromatic rings. The van der Waals surface area contributed by atoms with Gasteiger partial charge in [-0.1, -0.05) is 26.7 Å². The molecule has 0 bridgehead atoms. The van der Waals surface area contributed by atoms with Gasteiger partial charge in [-0.3, -0.25) is 0 Å². The van der Waals surface area contributed by atoms with Crippen molar-refractivity contribution >= 4 is 0 Å². The summed E-state index contributed by atoms with van der Waals surface area (Å²) in [6, 6.07) is 0. The largest absolute Gasteiger partial charge is 0.375 e. The second-order valence-corrected chi connectivity index (χ2v) is 6.11. The zero-order valence-corrected chi connectivity index (χ0v) is 11.6. The van der Waals surface area contributed by atoms with Crippen molar-refractivity contribution in [2.75, 3.05) is 19.7 Å². The molecule has 1 saturated heterocycles. The van der Waals surface area contributed by atoms with Gasteiger partial charge in [-0.25, -0.2) is 0 Å². The molecule has 0 radical (unpaired) electrons. The topological polar surface area (TPSA) is 21.3 Å². The standard InChI is InChI=1S/C15H29NO/c1-3-16-10-6-13(2)14-7-11-17-15(12-14)8-4-5-9-15/h13-14,16H,3-12H2,1-2H3. The van der Waals surface area contributed by atoms with Gasteiger partial charge in [-0.2, -0.15) is 0 Å². The first kappa shape index (κ1) is 13.4. The van der Waals surface area contributed by atoms with Crippen LogP contribution in [0.25, 0.3) is 0 Å². The first-order valence-electron chi connectivity index (χ1n) is 7.60. The van der Waals surface area contributed by atoms with Gasteiger partial charge in [-0.15, -0.1) is 0 Å². The van der Waals surface area contributed by atoms with Crippen molar-refractivity contribution in [1.29, 1.82) is 0 Å². The van der Waals surface area contributed by atoms with Crippen molar-refractivity contribution < 1.29 is 4.74 Å². The predicted molar refractivity (Wildman–Crippen MR) is 72.2 cm³/mol. The Hall–Kier alpha value is -0.0800. The van der Waals surface area contributed by atoms with Crippen LogP contribution in [-0.4, -0.2) is 25.3 Å². The maximum atomic E-state index is 6.12. The summed E-state index contributed by atoms with van der Waals surface area (Å²) < 4.78 is 6.12. The molecule has 2 rings (SSSR count). The van der Waals surface area contributed by atoms with Crippen molar-refractivity contribution in [3.63, 3.8) is 0 Å². The molecule has 100 valence electrons. The van der Waals surface area contributed by atoms with Gasteiger partial charge < -0.3 is 10.1 Å². The molecule has 2 atom stereocenters. The summed E-state index contributed by atoms with van der Waals surface area (Å²) in [6.07, 6.45) is 9.37. The molecule has 1 heterocycles. The van der Waals surface area contributed by atoms with E-state index >= 15 is 0 Å². The monoisotopic (exact) mass is 239 g/mol. The average molecular weight is 239 g/mol. The van der Waals surface area contributed by atoms with Crippen LogP contribution in [0.15, 0.2) is 0 Å². The van der Waals surface area contributed by atoms with Crippen LogP contribution in [0.5, 0.6) is 0 Å². The van der Waals surface area contributed by atoms with Gasteiger partial charge in [0.15, 0.2) is 0 Å². The number of hydrogen-bond donors (Lipinski definition) is 1. The SMILES string of the molecule is CCNCCC(C)C1CCOC2(CCCC2)C1. The number of ether oxygens (including phenoxy) is 1. The van der Waals surface area contributed by atoms with Crippen LogP contribution < -0.4 is 5.32 Å². The molecule has 2 aliphatic rings. The van der Waals surface area contributed by atoms with Crippen LogP contribution in [0.2, 0.25) is 0 Å². The molecule has 1 saturated carbocycles. The van der Waals surface area contributed by atoms with E-state index in [1.807, 2.05) is 0 Å². The van der Waals surface area contributed by atoms with E-state index < -0.39 is 0 Å². The Morgan fingerprint density at radius 1 is 1.35 bits per heavy atom. The summed E-state index contributed by atoms with van der Waals surface area (Å²) in [5.41, 5.74) is 0.301. The molecule has 2 heteroatoms. The van der Waals surface area contributed by atoms with Gasteiger partial charge in [0.2, 0.25) is 0 Å². The Kier molecular flexibility index (Phi) is 4.87. The lowest BCUT2D eigenvalue weighted by Gasteiger charge is -2.40. The van der Waals surface area contributed by atoms with E-state index in [1.165, 1.54) is 51.5 Å². The molecule has 2 nitrogen and oxygen atoms in total. The number of nitrogens with one attached hydrogen (secondary N) is 1. The molecule has 1 aliphatic heterocycles. The van der Waals surface area contributed by atoms with Crippen molar-refractivity contribution in [2.24, 2.45) is 11.8 Å². The third-order valence-corrected chi connectivity index (χ3v) is 4.88. The highest BCUT2D eigenvalue weighted by atomic mass is 16.5. The van der Waals surface area contributed by atoms with Gasteiger partial charge in [0, 0.05) is 6.61 Å². The highest BCUT2D eigenvalue weighted by Crippen LogP contribution is 2.44. The van der Waals surface area contributed by atoms with Gasteiger partial charge in [-0.05, 0) is 57.0 Å². The van der Waals surface area contributed by atoms with Crippen molar-refractivity contribution in [3.05, 3.63) is 0 Å². The van der Waals surface area contributed by atoms with Crippen LogP contribution in [0.1, 0.15) is 58.8 Å². The smallest absolute Gasteiger partial charge is 0.0685 e. The van der Waals surface area contributed by atoms with Gasteiger partial charge in [0.05, 0.1) is 5.60 Å². The Labute approximate surface area is 107 Å².